The van der Waals surface area contributed by atoms with E-state index in [4.69, 9.17) is 10.4 Å². The fourth-order valence-electron chi connectivity index (χ4n) is 2.17. The zero-order valence-corrected chi connectivity index (χ0v) is 13.6. The Kier molecular flexibility index (Phi) is 5.10. The molecule has 0 amide bonds. The van der Waals surface area contributed by atoms with E-state index in [1.807, 2.05) is 0 Å². The molecule has 0 fully saturated rings. The Hall–Kier alpha value is -3.37. The van der Waals surface area contributed by atoms with Gasteiger partial charge in [0.1, 0.15) is 12.1 Å². The van der Waals surface area contributed by atoms with Gasteiger partial charge >= 0.3 is 6.36 Å². The van der Waals surface area contributed by atoms with Gasteiger partial charge < -0.3 is 4.74 Å². The molecule has 3 rings (SSSR count). The number of nitrogens with zero attached hydrogens (tertiary/aromatic N) is 4. The summed E-state index contributed by atoms with van der Waals surface area (Å²) >= 11 is 0. The average molecular weight is 378 g/mol. The molecule has 0 atom stereocenters. The van der Waals surface area contributed by atoms with Crippen LogP contribution in [-0.4, -0.2) is 31.5 Å². The second kappa shape index (κ2) is 7.48. The Bertz CT molecular complexity index is 920. The average Bonchev–Trinajstić information content (AvgIpc) is 3.08. The van der Waals surface area contributed by atoms with E-state index >= 15 is 0 Å². The monoisotopic (exact) mass is 378 g/mol. The lowest BCUT2D eigenvalue weighted by Gasteiger charge is -2.09. The summed E-state index contributed by atoms with van der Waals surface area (Å²) in [7, 11) is 0. The van der Waals surface area contributed by atoms with E-state index in [0.29, 0.717) is 11.5 Å². The third-order valence-corrected chi connectivity index (χ3v) is 3.39. The number of ether oxygens (including phenoxy) is 1. The van der Waals surface area contributed by atoms with Crippen molar-refractivity contribution in [2.45, 2.75) is 6.36 Å². The van der Waals surface area contributed by atoms with Gasteiger partial charge in [-0.2, -0.15) is 0 Å². The number of benzene rings is 2. The summed E-state index contributed by atoms with van der Waals surface area (Å²) in [4.78, 5) is 4.10. The van der Waals surface area contributed by atoms with Crippen molar-refractivity contribution in [3.05, 3.63) is 66.2 Å². The van der Waals surface area contributed by atoms with Crippen LogP contribution in [0.25, 0.3) is 17.8 Å². The lowest BCUT2D eigenvalue weighted by molar-refractivity contribution is -0.274. The van der Waals surface area contributed by atoms with Crippen LogP contribution in [0.3, 0.4) is 0 Å². The van der Waals surface area contributed by atoms with Crippen LogP contribution in [0.2, 0.25) is 0 Å². The highest BCUT2D eigenvalue weighted by Gasteiger charge is 2.30. The van der Waals surface area contributed by atoms with Crippen molar-refractivity contribution >= 4 is 17.8 Å². The van der Waals surface area contributed by atoms with Gasteiger partial charge in [0.2, 0.25) is 0 Å². The maximum absolute atomic E-state index is 12.2. The lowest BCUT2D eigenvalue weighted by atomic mass is 10.2. The van der Waals surface area contributed by atoms with Crippen LogP contribution < -0.4 is 9.96 Å². The van der Waals surface area contributed by atoms with Crippen LogP contribution in [-0.2, 0) is 0 Å². The molecule has 2 N–H and O–H groups in total. The smallest absolute Gasteiger partial charge is 0.406 e. The maximum atomic E-state index is 12.2. The molecule has 3 aromatic rings. The van der Waals surface area contributed by atoms with E-state index in [9.17, 15) is 13.2 Å². The Morgan fingerprint density at radius 2 is 1.63 bits per heavy atom. The van der Waals surface area contributed by atoms with Crippen molar-refractivity contribution in [1.82, 2.24) is 14.8 Å². The van der Waals surface area contributed by atoms with Gasteiger partial charge in [-0.15, -0.1) is 23.5 Å². The zero-order chi connectivity index (χ0) is 19.4. The van der Waals surface area contributed by atoms with E-state index < -0.39 is 6.36 Å². The molecule has 0 aliphatic heterocycles. The van der Waals surface area contributed by atoms with Gasteiger partial charge in [0.25, 0.3) is 0 Å². The quantitative estimate of drug-likeness (QED) is 0.655. The molecule has 1 heterocycles. The second-order valence-electron chi connectivity index (χ2n) is 5.30. The number of hydrogen-bond donors (Lipinski definition) is 2. The number of alkyl halides is 3. The molecule has 10 heteroatoms. The van der Waals surface area contributed by atoms with Crippen LogP contribution >= 0.6 is 0 Å². The molecule has 7 nitrogen and oxygen atoms in total. The summed E-state index contributed by atoms with van der Waals surface area (Å²) in [5.41, 5.74) is 1.52. The third kappa shape index (κ3) is 5.06. The van der Waals surface area contributed by atoms with Crippen LogP contribution in [0.15, 0.2) is 54.9 Å². The molecule has 0 spiro atoms. The number of rotatable bonds is 5. The minimum absolute atomic E-state index is 0.0156. The second-order valence-corrected chi connectivity index (χ2v) is 5.30. The van der Waals surface area contributed by atoms with Crippen LogP contribution in [0.1, 0.15) is 11.4 Å². The summed E-state index contributed by atoms with van der Waals surface area (Å²) in [5, 5.41) is 22.0. The molecule has 1 aromatic heterocycles. The van der Waals surface area contributed by atoms with E-state index in [1.54, 1.807) is 24.3 Å². The molecule has 27 heavy (non-hydrogen) atoms. The Morgan fingerprint density at radius 3 is 2.22 bits per heavy atom. The van der Waals surface area contributed by atoms with Crippen molar-refractivity contribution in [2.24, 2.45) is 0 Å². The Balaban J connectivity index is 1.69. The predicted molar refractivity (Wildman–Crippen MR) is 89.5 cm³/mol. The van der Waals surface area contributed by atoms with Crippen molar-refractivity contribution in [3.63, 3.8) is 0 Å². The first-order chi connectivity index (χ1) is 12.8. The molecule has 0 saturated heterocycles. The molecule has 140 valence electrons. The van der Waals surface area contributed by atoms with Gasteiger partial charge in [-0.1, -0.05) is 18.2 Å². The van der Waals surface area contributed by atoms with Gasteiger partial charge in [-0.3, -0.25) is 10.4 Å². The molecule has 2 aromatic carbocycles. The van der Waals surface area contributed by atoms with Crippen molar-refractivity contribution in [1.29, 1.82) is 0 Å². The fourth-order valence-corrected chi connectivity index (χ4v) is 2.17. The van der Waals surface area contributed by atoms with Gasteiger partial charge in [0.15, 0.2) is 5.82 Å². The summed E-state index contributed by atoms with van der Waals surface area (Å²) in [6, 6.07) is 11.6. The minimum atomic E-state index is -4.74. The Labute approximate surface area is 151 Å². The summed E-state index contributed by atoms with van der Waals surface area (Å²) < 4.78 is 41.7. The van der Waals surface area contributed by atoms with E-state index in [1.165, 1.54) is 47.4 Å². The molecule has 0 aliphatic rings. The molecule has 0 aliphatic carbocycles. The normalized spacial score (nSPS) is 11.7. The molecular formula is C17H13F3N4O3. The molecule has 0 bridgehead atoms. The predicted octanol–water partition coefficient (Wildman–Crippen LogP) is 3.92. The van der Waals surface area contributed by atoms with E-state index in [2.05, 4.69) is 14.8 Å². The standard InChI is InChI=1S/C17H13F3N4O3/c18-17(19,20)27-15-8-6-13(7-9-15)23-11-21-16(22-23)10-3-12-1-4-14(5-2-12)24(25)26/h1-11,25-26H/b10-3+. The highest BCUT2D eigenvalue weighted by Crippen LogP contribution is 2.23. The third-order valence-electron chi connectivity index (χ3n) is 3.39. The summed E-state index contributed by atoms with van der Waals surface area (Å²) in [5.74, 6) is 0.0693. The largest absolute Gasteiger partial charge is 0.573 e. The van der Waals surface area contributed by atoms with Gasteiger partial charge in [0, 0.05) is 0 Å². The highest BCUT2D eigenvalue weighted by atomic mass is 19.4. The van der Waals surface area contributed by atoms with E-state index in [-0.39, 0.29) is 16.7 Å². The molecule has 0 radical (unpaired) electrons. The first kappa shape index (κ1) is 18.4. The molecule has 0 unspecified atom stereocenters. The summed E-state index contributed by atoms with van der Waals surface area (Å²) in [6.07, 6.45) is 0.0560. The van der Waals surface area contributed by atoms with Crippen molar-refractivity contribution < 1.29 is 28.3 Å². The number of hydrogen-bond acceptors (Lipinski definition) is 6. The van der Waals surface area contributed by atoms with Gasteiger partial charge in [0.05, 0.1) is 11.4 Å². The van der Waals surface area contributed by atoms with Crippen molar-refractivity contribution in [2.75, 3.05) is 5.23 Å². The lowest BCUT2D eigenvalue weighted by Crippen LogP contribution is -2.17. The van der Waals surface area contributed by atoms with Crippen LogP contribution in [0.4, 0.5) is 18.9 Å². The fraction of sp³-hybridized carbons (Fsp3) is 0.0588. The molecule has 0 saturated carbocycles. The SMILES string of the molecule is ON(O)c1ccc(/C=C/c2ncn(-c3ccc(OC(F)(F)F)cc3)n2)cc1. The highest BCUT2D eigenvalue weighted by molar-refractivity contribution is 5.67. The Morgan fingerprint density at radius 1 is 0.963 bits per heavy atom. The number of halogens is 3. The summed E-state index contributed by atoms with van der Waals surface area (Å²) in [6.45, 7) is 0. The number of aromatic nitrogens is 3. The zero-order valence-electron chi connectivity index (χ0n) is 13.6. The van der Waals surface area contributed by atoms with Gasteiger partial charge in [-0.05, 0) is 48.0 Å². The van der Waals surface area contributed by atoms with Gasteiger partial charge in [-0.25, -0.2) is 9.67 Å². The first-order valence-electron chi connectivity index (χ1n) is 7.54. The van der Waals surface area contributed by atoms with Crippen LogP contribution in [0.5, 0.6) is 5.75 Å². The van der Waals surface area contributed by atoms with Crippen LogP contribution in [0, 0.1) is 0 Å². The number of anilines is 1. The maximum Gasteiger partial charge on any atom is 0.573 e. The topological polar surface area (TPSA) is 83.6 Å². The van der Waals surface area contributed by atoms with E-state index in [0.717, 1.165) is 5.56 Å². The molecular weight excluding hydrogens is 365 g/mol. The first-order valence-corrected chi connectivity index (χ1v) is 7.54. The van der Waals surface area contributed by atoms with Crippen molar-refractivity contribution in [3.8, 4) is 11.4 Å². The minimum Gasteiger partial charge on any atom is -0.406 e.